The summed E-state index contributed by atoms with van der Waals surface area (Å²) in [5.41, 5.74) is 0.0985. The number of ether oxygens (including phenoxy) is 1. The van der Waals surface area contributed by atoms with E-state index in [1.54, 1.807) is 30.5 Å². The SMILES string of the molecule is C#Cc1c(Br)ccn(CCO/C(C=C)=C/C=C)c1=O. The van der Waals surface area contributed by atoms with Crippen LogP contribution in [0.1, 0.15) is 5.56 Å². The summed E-state index contributed by atoms with van der Waals surface area (Å²) >= 11 is 3.24. The zero-order chi connectivity index (χ0) is 14.3. The lowest BCUT2D eigenvalue weighted by atomic mass is 10.3. The molecule has 0 atom stereocenters. The molecule has 0 radical (unpaired) electrons. The van der Waals surface area contributed by atoms with E-state index in [9.17, 15) is 4.79 Å². The average molecular weight is 320 g/mol. The molecule has 0 saturated carbocycles. The quantitative estimate of drug-likeness (QED) is 0.458. The number of halogens is 1. The fourth-order valence-electron chi connectivity index (χ4n) is 1.41. The number of hydrogen-bond donors (Lipinski definition) is 0. The van der Waals surface area contributed by atoms with E-state index in [1.807, 2.05) is 0 Å². The summed E-state index contributed by atoms with van der Waals surface area (Å²) in [4.78, 5) is 12.0. The third-order valence-electron chi connectivity index (χ3n) is 2.34. The molecule has 0 aliphatic rings. The van der Waals surface area contributed by atoms with Crippen LogP contribution in [0.15, 0.2) is 58.7 Å². The number of aromatic nitrogens is 1. The molecule has 1 aromatic rings. The fourth-order valence-corrected chi connectivity index (χ4v) is 1.81. The van der Waals surface area contributed by atoms with Gasteiger partial charge in [0.2, 0.25) is 0 Å². The first kappa shape index (κ1) is 15.1. The highest BCUT2D eigenvalue weighted by Crippen LogP contribution is 2.10. The van der Waals surface area contributed by atoms with Crippen LogP contribution in [0.25, 0.3) is 0 Å². The largest absolute Gasteiger partial charge is 0.492 e. The molecule has 4 heteroatoms. The van der Waals surface area contributed by atoms with Gasteiger partial charge in [-0.15, -0.1) is 6.42 Å². The van der Waals surface area contributed by atoms with Gasteiger partial charge in [0.1, 0.15) is 17.9 Å². The van der Waals surface area contributed by atoms with Crippen molar-refractivity contribution in [1.29, 1.82) is 0 Å². The monoisotopic (exact) mass is 319 g/mol. The molecule has 98 valence electrons. The van der Waals surface area contributed by atoms with E-state index in [2.05, 4.69) is 35.0 Å². The molecule has 0 fully saturated rings. The van der Waals surface area contributed by atoms with Gasteiger partial charge in [-0.25, -0.2) is 0 Å². The maximum atomic E-state index is 12.0. The normalized spacial score (nSPS) is 10.6. The highest BCUT2D eigenvalue weighted by atomic mass is 79.9. The number of nitrogens with zero attached hydrogens (tertiary/aromatic N) is 1. The molecule has 0 bridgehead atoms. The fraction of sp³-hybridized carbons (Fsp3) is 0.133. The lowest BCUT2D eigenvalue weighted by Crippen LogP contribution is -2.24. The van der Waals surface area contributed by atoms with Crippen molar-refractivity contribution in [2.24, 2.45) is 0 Å². The van der Waals surface area contributed by atoms with E-state index in [-0.39, 0.29) is 5.56 Å². The Balaban J connectivity index is 2.78. The van der Waals surface area contributed by atoms with Gasteiger partial charge in [-0.3, -0.25) is 4.79 Å². The minimum atomic E-state index is -0.215. The van der Waals surface area contributed by atoms with E-state index in [4.69, 9.17) is 11.2 Å². The number of hydrogen-bond acceptors (Lipinski definition) is 2. The van der Waals surface area contributed by atoms with Crippen molar-refractivity contribution in [3.05, 3.63) is 69.8 Å². The van der Waals surface area contributed by atoms with Crippen molar-refractivity contribution < 1.29 is 4.74 Å². The predicted octanol–water partition coefficient (Wildman–Crippen LogP) is 2.86. The molecule has 0 aliphatic heterocycles. The van der Waals surface area contributed by atoms with E-state index in [1.165, 1.54) is 4.57 Å². The molecule has 1 rings (SSSR count). The van der Waals surface area contributed by atoms with Crippen LogP contribution in [0, 0.1) is 12.3 Å². The van der Waals surface area contributed by atoms with Crippen molar-refractivity contribution in [2.75, 3.05) is 6.61 Å². The molecule has 1 aromatic heterocycles. The Hall–Kier alpha value is -1.99. The van der Waals surface area contributed by atoms with Gasteiger partial charge in [-0.05, 0) is 34.1 Å². The molecule has 0 N–H and O–H groups in total. The summed E-state index contributed by atoms with van der Waals surface area (Å²) < 4.78 is 7.57. The maximum absolute atomic E-state index is 12.0. The van der Waals surface area contributed by atoms with Gasteiger partial charge in [0, 0.05) is 10.7 Å². The number of pyridine rings is 1. The van der Waals surface area contributed by atoms with Gasteiger partial charge in [-0.1, -0.05) is 25.2 Å². The van der Waals surface area contributed by atoms with Gasteiger partial charge in [0.05, 0.1) is 6.54 Å². The molecule has 1 heterocycles. The summed E-state index contributed by atoms with van der Waals surface area (Å²) in [6.45, 7) is 7.94. The lowest BCUT2D eigenvalue weighted by Gasteiger charge is -2.09. The second-order valence-electron chi connectivity index (χ2n) is 3.54. The number of rotatable bonds is 6. The Morgan fingerprint density at radius 1 is 1.58 bits per heavy atom. The van der Waals surface area contributed by atoms with Gasteiger partial charge in [0.25, 0.3) is 5.56 Å². The first-order valence-corrected chi connectivity index (χ1v) is 6.36. The summed E-state index contributed by atoms with van der Waals surface area (Å²) in [5.74, 6) is 2.98. The Kier molecular flexibility index (Phi) is 5.91. The average Bonchev–Trinajstić information content (AvgIpc) is 2.40. The van der Waals surface area contributed by atoms with E-state index in [0.29, 0.717) is 28.9 Å². The van der Waals surface area contributed by atoms with Crippen LogP contribution in [0.2, 0.25) is 0 Å². The minimum Gasteiger partial charge on any atom is -0.492 e. The second-order valence-corrected chi connectivity index (χ2v) is 4.39. The summed E-state index contributed by atoms with van der Waals surface area (Å²) in [6, 6.07) is 1.74. The molecule has 0 aliphatic carbocycles. The number of allylic oxidation sites excluding steroid dienone is 3. The van der Waals surface area contributed by atoms with Gasteiger partial charge < -0.3 is 9.30 Å². The molecular formula is C15H14BrNO2. The van der Waals surface area contributed by atoms with Crippen molar-refractivity contribution in [2.45, 2.75) is 6.54 Å². The zero-order valence-corrected chi connectivity index (χ0v) is 12.0. The van der Waals surface area contributed by atoms with Crippen LogP contribution >= 0.6 is 15.9 Å². The van der Waals surface area contributed by atoms with Crippen molar-refractivity contribution >= 4 is 15.9 Å². The second kappa shape index (κ2) is 7.45. The van der Waals surface area contributed by atoms with E-state index < -0.39 is 0 Å². The summed E-state index contributed by atoms with van der Waals surface area (Å²) in [7, 11) is 0. The lowest BCUT2D eigenvalue weighted by molar-refractivity contribution is 0.211. The standard InChI is InChI=1S/C15H14BrNO2/c1-4-7-12(5-2)19-11-10-17-9-8-14(16)13(6-3)15(17)18/h3-5,7-9H,1-2,10-11H2/b12-7+. The van der Waals surface area contributed by atoms with Crippen molar-refractivity contribution in [3.63, 3.8) is 0 Å². The molecule has 19 heavy (non-hydrogen) atoms. The Morgan fingerprint density at radius 2 is 2.32 bits per heavy atom. The molecule has 0 saturated heterocycles. The number of terminal acetylenes is 1. The van der Waals surface area contributed by atoms with Gasteiger partial charge in [-0.2, -0.15) is 0 Å². The Labute approximate surface area is 121 Å². The Morgan fingerprint density at radius 3 is 2.89 bits per heavy atom. The van der Waals surface area contributed by atoms with Crippen LogP contribution in [0.5, 0.6) is 0 Å². The summed E-state index contributed by atoms with van der Waals surface area (Å²) in [6.07, 6.45) is 11.9. The van der Waals surface area contributed by atoms with Crippen molar-refractivity contribution in [3.8, 4) is 12.3 Å². The molecule has 0 amide bonds. The molecule has 0 spiro atoms. The third kappa shape index (κ3) is 4.01. The van der Waals surface area contributed by atoms with E-state index in [0.717, 1.165) is 0 Å². The molecular weight excluding hydrogens is 306 g/mol. The van der Waals surface area contributed by atoms with Gasteiger partial charge >= 0.3 is 0 Å². The topological polar surface area (TPSA) is 31.2 Å². The maximum Gasteiger partial charge on any atom is 0.267 e. The summed E-state index contributed by atoms with van der Waals surface area (Å²) in [5, 5.41) is 0. The molecule has 0 unspecified atom stereocenters. The highest BCUT2D eigenvalue weighted by molar-refractivity contribution is 9.10. The third-order valence-corrected chi connectivity index (χ3v) is 3.00. The van der Waals surface area contributed by atoms with Crippen LogP contribution in [-0.2, 0) is 11.3 Å². The van der Waals surface area contributed by atoms with Gasteiger partial charge in [0.15, 0.2) is 0 Å². The van der Waals surface area contributed by atoms with Crippen LogP contribution in [-0.4, -0.2) is 11.2 Å². The van der Waals surface area contributed by atoms with Crippen molar-refractivity contribution in [1.82, 2.24) is 4.57 Å². The molecule has 3 nitrogen and oxygen atoms in total. The van der Waals surface area contributed by atoms with E-state index >= 15 is 0 Å². The zero-order valence-electron chi connectivity index (χ0n) is 10.4. The minimum absolute atomic E-state index is 0.215. The highest BCUT2D eigenvalue weighted by Gasteiger charge is 2.05. The predicted molar refractivity (Wildman–Crippen MR) is 80.8 cm³/mol. The molecule has 0 aromatic carbocycles. The Bertz CT molecular complexity index is 606. The first-order chi connectivity index (χ1) is 9.13. The first-order valence-electron chi connectivity index (χ1n) is 5.57. The smallest absolute Gasteiger partial charge is 0.267 e. The van der Waals surface area contributed by atoms with Crippen LogP contribution in [0.4, 0.5) is 0 Å². The van der Waals surface area contributed by atoms with Crippen LogP contribution in [0.3, 0.4) is 0 Å². The van der Waals surface area contributed by atoms with Crippen LogP contribution < -0.4 is 5.56 Å².